The maximum atomic E-state index is 12.6. The highest BCUT2D eigenvalue weighted by Crippen LogP contribution is 2.22. The summed E-state index contributed by atoms with van der Waals surface area (Å²) < 4.78 is 63.0. The largest absolute Gasteiger partial charge is 0.355 e. The summed E-state index contributed by atoms with van der Waals surface area (Å²) in [5.41, 5.74) is 0. The van der Waals surface area contributed by atoms with Crippen molar-refractivity contribution in [2.24, 2.45) is 0 Å². The molecule has 70 heavy (non-hydrogen) atoms. The Morgan fingerprint density at radius 3 is 1.09 bits per heavy atom. The molecular weight excluding hydrogens is 985 g/mol. The summed E-state index contributed by atoms with van der Waals surface area (Å²) in [6.45, 7) is 3.74. The Morgan fingerprint density at radius 1 is 0.514 bits per heavy atom. The highest BCUT2D eigenvalue weighted by molar-refractivity contribution is 7.87. The summed E-state index contributed by atoms with van der Waals surface area (Å²) in [7, 11) is -9.82. The summed E-state index contributed by atoms with van der Waals surface area (Å²) in [5.74, 6) is -11.4. The van der Waals surface area contributed by atoms with Gasteiger partial charge in [0.05, 0.1) is 39.0 Å². The molecule has 2 aliphatic heterocycles. The molecule has 0 spiro atoms. The third-order valence-corrected chi connectivity index (χ3v) is 11.6. The topological polar surface area (TPSA) is 445 Å². The second-order valence-corrected chi connectivity index (χ2v) is 18.6. The number of ketones is 2. The summed E-state index contributed by atoms with van der Waals surface area (Å²) in [4.78, 5) is 174. The molecule has 30 nitrogen and oxygen atoms in total. The first-order chi connectivity index (χ1) is 32.4. The number of amides is 10. The lowest BCUT2D eigenvalue weighted by Gasteiger charge is -2.20. The van der Waals surface area contributed by atoms with E-state index in [4.69, 9.17) is 18.8 Å². The van der Waals surface area contributed by atoms with Crippen LogP contribution >= 0.6 is 0 Å². The third-order valence-electron chi connectivity index (χ3n) is 9.41. The van der Waals surface area contributed by atoms with E-state index >= 15 is 0 Å². The minimum Gasteiger partial charge on any atom is -0.349 e. The molecule has 0 saturated carbocycles. The maximum Gasteiger partial charge on any atom is 0.355 e. The van der Waals surface area contributed by atoms with Gasteiger partial charge in [0, 0.05) is 40.5 Å². The van der Waals surface area contributed by atoms with Gasteiger partial charge in [-0.25, -0.2) is 9.59 Å². The van der Waals surface area contributed by atoms with Gasteiger partial charge in [-0.3, -0.25) is 66.6 Å². The Balaban J connectivity index is 0.000000700. The van der Waals surface area contributed by atoms with Crippen LogP contribution in [-0.4, -0.2) is 167 Å². The zero-order chi connectivity index (χ0) is 53.5. The van der Waals surface area contributed by atoms with Crippen LogP contribution in [0, 0.1) is 0 Å². The molecule has 2 heterocycles. The second-order valence-electron chi connectivity index (χ2n) is 15.4. The van der Waals surface area contributed by atoms with Crippen LogP contribution in [0.1, 0.15) is 105 Å². The fourth-order valence-corrected chi connectivity index (χ4v) is 7.25. The molecule has 0 radical (unpaired) electrons. The van der Waals surface area contributed by atoms with E-state index in [0.29, 0.717) is 38.5 Å². The Kier molecular flexibility index (Phi) is 25.6. The van der Waals surface area contributed by atoms with Crippen molar-refractivity contribution in [3.8, 4) is 0 Å². The molecular formula is C38H56N8O22S2. The van der Waals surface area contributed by atoms with E-state index in [2.05, 4.69) is 31.9 Å². The van der Waals surface area contributed by atoms with Crippen molar-refractivity contribution >= 4 is 103 Å². The van der Waals surface area contributed by atoms with Gasteiger partial charge < -0.3 is 41.6 Å². The van der Waals surface area contributed by atoms with Crippen LogP contribution in [-0.2, 0) is 97.0 Å². The van der Waals surface area contributed by atoms with Crippen LogP contribution in [0.15, 0.2) is 0 Å². The normalized spacial score (nSPS) is 16.4. The predicted molar refractivity (Wildman–Crippen MR) is 231 cm³/mol. The van der Waals surface area contributed by atoms with Crippen molar-refractivity contribution in [1.29, 1.82) is 0 Å². The van der Waals surface area contributed by atoms with Gasteiger partial charge >= 0.3 is 11.9 Å². The van der Waals surface area contributed by atoms with E-state index in [0.717, 1.165) is 0 Å². The summed E-state index contributed by atoms with van der Waals surface area (Å²) in [6, 6.07) is -2.76. The van der Waals surface area contributed by atoms with Crippen LogP contribution in [0.5, 0.6) is 0 Å². The van der Waals surface area contributed by atoms with Crippen LogP contribution in [0.2, 0.25) is 0 Å². The number of rotatable bonds is 28. The second kappa shape index (κ2) is 29.3. The van der Waals surface area contributed by atoms with Gasteiger partial charge in [0.15, 0.2) is 22.1 Å². The number of nitrogens with zero attached hydrogens (tertiary/aromatic N) is 2. The van der Waals surface area contributed by atoms with Gasteiger partial charge in [0.25, 0.3) is 43.9 Å². The van der Waals surface area contributed by atoms with Crippen molar-refractivity contribution in [1.82, 2.24) is 42.0 Å². The third kappa shape index (κ3) is 23.5. The van der Waals surface area contributed by atoms with E-state index in [1.807, 2.05) is 0 Å². The van der Waals surface area contributed by atoms with Crippen molar-refractivity contribution in [3.63, 3.8) is 0 Å². The molecule has 0 aromatic carbocycles. The number of carbonyl (C=O) groups excluding carboxylic acids is 14. The minimum atomic E-state index is -4.91. The molecule has 0 aromatic rings. The van der Waals surface area contributed by atoms with Gasteiger partial charge in [-0.1, -0.05) is 25.7 Å². The molecule has 2 fully saturated rings. The fraction of sp³-hybridized carbons (Fsp3) is 0.632. The minimum absolute atomic E-state index is 0.0392. The van der Waals surface area contributed by atoms with Crippen molar-refractivity contribution in [3.05, 3.63) is 0 Å². The van der Waals surface area contributed by atoms with Gasteiger partial charge in [-0.05, 0) is 25.7 Å². The lowest BCUT2D eigenvalue weighted by molar-refractivity contribution is -0.199. The lowest BCUT2D eigenvalue weighted by Crippen LogP contribution is -2.48. The van der Waals surface area contributed by atoms with E-state index in [1.165, 1.54) is 27.7 Å². The number of carbonyl (C=O) groups is 14. The van der Waals surface area contributed by atoms with Crippen LogP contribution < -0.4 is 31.9 Å². The number of hydrogen-bond donors (Lipinski definition) is 8. The predicted octanol–water partition coefficient (Wildman–Crippen LogP) is -4.53. The maximum absolute atomic E-state index is 12.6. The van der Waals surface area contributed by atoms with E-state index in [1.54, 1.807) is 0 Å². The van der Waals surface area contributed by atoms with Crippen molar-refractivity contribution in [2.75, 3.05) is 26.2 Å². The summed E-state index contributed by atoms with van der Waals surface area (Å²) >= 11 is 0. The molecule has 2 saturated heterocycles. The molecule has 0 aromatic heterocycles. The molecule has 0 bridgehead atoms. The first-order valence-electron chi connectivity index (χ1n) is 21.1. The molecule has 392 valence electrons. The molecule has 4 unspecified atom stereocenters. The summed E-state index contributed by atoms with van der Waals surface area (Å²) in [6.07, 6.45) is 0.701. The van der Waals surface area contributed by atoms with Crippen LogP contribution in [0.3, 0.4) is 0 Å². The average molecular weight is 1040 g/mol. The van der Waals surface area contributed by atoms with E-state index in [9.17, 15) is 84.0 Å². The SMILES string of the molecule is CC(=O)NCC(=O)CCCCCC(NC(=O)CNC(C)=O)C(=O)ON1C(=O)CC(S(=O)(=O)O)C1=O.CC(=O)NCC(=O)CCCCCC(NC(=O)CNC(C)=O)C(=O)ON1C(=O)CC(S(=O)(=O)O)C1=O. The Hall–Kier alpha value is -6.80. The molecule has 8 N–H and O–H groups in total. The molecule has 2 rings (SSSR count). The van der Waals surface area contributed by atoms with Gasteiger partial charge in [0.2, 0.25) is 35.4 Å². The highest BCUT2D eigenvalue weighted by Gasteiger charge is 2.50. The quantitative estimate of drug-likeness (QED) is 0.0208. The monoisotopic (exact) mass is 1040 g/mol. The number of nitrogens with one attached hydrogen (secondary N) is 6. The molecule has 0 aliphatic carbocycles. The standard InChI is InChI=1S/2C19H28N4O11S/c2*1-11(24)20-9-13(26)6-4-3-5-7-14(22-16(27)10-21-12(2)25)19(30)34-23-17(28)8-15(18(23)29)35(31,32)33/h2*14-15H,3-10H2,1-2H3,(H,20,24)(H,21,25)(H,22,27)(H,31,32,33). The number of hydroxylamine groups is 4. The first-order valence-corrected chi connectivity index (χ1v) is 24.1. The number of unbranched alkanes of at least 4 members (excludes halogenated alkanes) is 4. The van der Waals surface area contributed by atoms with Crippen LogP contribution in [0.25, 0.3) is 0 Å². The zero-order valence-electron chi connectivity index (χ0n) is 38.4. The van der Waals surface area contributed by atoms with E-state index < -0.39 is 128 Å². The molecule has 32 heteroatoms. The van der Waals surface area contributed by atoms with Gasteiger partial charge in [0.1, 0.15) is 12.1 Å². The Morgan fingerprint density at radius 2 is 0.814 bits per heavy atom. The van der Waals surface area contributed by atoms with Crippen molar-refractivity contribution in [2.45, 2.75) is 127 Å². The van der Waals surface area contributed by atoms with Crippen LogP contribution in [0.4, 0.5) is 0 Å². The highest BCUT2D eigenvalue weighted by atomic mass is 32.2. The molecule has 2 aliphatic rings. The lowest BCUT2D eigenvalue weighted by atomic mass is 10.1. The molecule has 4 atom stereocenters. The zero-order valence-corrected chi connectivity index (χ0v) is 40.0. The molecule has 10 amide bonds. The smallest absolute Gasteiger partial charge is 0.349 e. The van der Waals surface area contributed by atoms with E-state index in [-0.39, 0.29) is 72.3 Å². The van der Waals surface area contributed by atoms with Gasteiger partial charge in [-0.15, -0.1) is 10.1 Å². The van der Waals surface area contributed by atoms with Gasteiger partial charge in [-0.2, -0.15) is 16.8 Å². The number of hydrogen-bond acceptors (Lipinski definition) is 20. The Labute approximate surface area is 400 Å². The fourth-order valence-electron chi connectivity index (χ4n) is 5.85. The average Bonchev–Trinajstić information content (AvgIpc) is 3.71. The number of imide groups is 2. The summed E-state index contributed by atoms with van der Waals surface area (Å²) in [5, 5.41) is 9.42. The Bertz CT molecular complexity index is 2110. The number of Topliss-reactive ketones (excluding diaryl/α,β-unsaturated/α-hetero) is 2. The first kappa shape index (κ1) is 61.2. The van der Waals surface area contributed by atoms with Crippen molar-refractivity contribution < 1.29 is 103 Å².